The zero-order valence-corrected chi connectivity index (χ0v) is 12.1. The van der Waals surface area contributed by atoms with E-state index in [0.717, 1.165) is 5.75 Å². The van der Waals surface area contributed by atoms with Crippen molar-refractivity contribution in [3.05, 3.63) is 51.2 Å². The summed E-state index contributed by atoms with van der Waals surface area (Å²) >= 11 is 1.79. The molecule has 0 aliphatic heterocycles. The van der Waals surface area contributed by atoms with E-state index in [9.17, 15) is 0 Å². The Morgan fingerprint density at radius 1 is 1.22 bits per heavy atom. The predicted molar refractivity (Wildman–Crippen MR) is 77.7 cm³/mol. The van der Waals surface area contributed by atoms with E-state index in [1.54, 1.807) is 18.4 Å². The molecule has 0 bridgehead atoms. The van der Waals surface area contributed by atoms with Gasteiger partial charge in [-0.05, 0) is 55.1 Å². The highest BCUT2D eigenvalue weighted by Crippen LogP contribution is 2.30. The molecule has 0 radical (unpaired) electrons. The van der Waals surface area contributed by atoms with Gasteiger partial charge in [0.25, 0.3) is 0 Å². The number of ether oxygens (including phenoxy) is 1. The Hall–Kier alpha value is -1.32. The molecule has 2 nitrogen and oxygen atoms in total. The van der Waals surface area contributed by atoms with Gasteiger partial charge < -0.3 is 10.1 Å². The second-order valence-corrected chi connectivity index (χ2v) is 5.50. The smallest absolute Gasteiger partial charge is 0.121 e. The summed E-state index contributed by atoms with van der Waals surface area (Å²) in [6.07, 6.45) is 0. The van der Waals surface area contributed by atoms with Crippen LogP contribution in [-0.4, -0.2) is 14.2 Å². The van der Waals surface area contributed by atoms with Crippen LogP contribution in [0.5, 0.6) is 5.75 Å². The van der Waals surface area contributed by atoms with Crippen LogP contribution in [0.2, 0.25) is 0 Å². The number of hydrogen-bond acceptors (Lipinski definition) is 3. The van der Waals surface area contributed by atoms with Crippen LogP contribution in [0.15, 0.2) is 29.6 Å². The average molecular weight is 261 g/mol. The lowest BCUT2D eigenvalue weighted by atomic mass is 9.98. The third-order valence-electron chi connectivity index (χ3n) is 3.25. The van der Waals surface area contributed by atoms with Crippen molar-refractivity contribution in [1.82, 2.24) is 5.32 Å². The Balaban J connectivity index is 2.40. The largest absolute Gasteiger partial charge is 0.496 e. The van der Waals surface area contributed by atoms with Crippen LogP contribution in [0.1, 0.15) is 27.6 Å². The number of methoxy groups -OCH3 is 1. The van der Waals surface area contributed by atoms with E-state index in [1.165, 1.54) is 21.6 Å². The summed E-state index contributed by atoms with van der Waals surface area (Å²) in [6.45, 7) is 4.25. The molecule has 3 heteroatoms. The summed E-state index contributed by atoms with van der Waals surface area (Å²) in [5.74, 6) is 0.940. The van der Waals surface area contributed by atoms with Gasteiger partial charge in [-0.2, -0.15) is 0 Å². The number of thiophene rings is 1. The van der Waals surface area contributed by atoms with E-state index in [0.29, 0.717) is 0 Å². The fraction of sp³-hybridized carbons (Fsp3) is 0.333. The molecule has 1 N–H and O–H groups in total. The number of rotatable bonds is 4. The van der Waals surface area contributed by atoms with E-state index in [-0.39, 0.29) is 6.04 Å². The highest BCUT2D eigenvalue weighted by molar-refractivity contribution is 7.10. The molecular weight excluding hydrogens is 242 g/mol. The standard InChI is InChI=1S/C15H19NOS/c1-10-9-12(5-6-14(10)17-4)15(16-3)13-7-8-18-11(13)2/h5-9,15-16H,1-4H3. The molecule has 1 aromatic carbocycles. The van der Waals surface area contributed by atoms with E-state index in [1.807, 2.05) is 13.1 Å². The van der Waals surface area contributed by atoms with Crippen molar-refractivity contribution in [1.29, 1.82) is 0 Å². The Morgan fingerprint density at radius 2 is 2.00 bits per heavy atom. The molecule has 2 aromatic rings. The summed E-state index contributed by atoms with van der Waals surface area (Å²) in [5.41, 5.74) is 3.80. The van der Waals surface area contributed by atoms with Crippen LogP contribution in [0.25, 0.3) is 0 Å². The van der Waals surface area contributed by atoms with Gasteiger partial charge in [0, 0.05) is 4.88 Å². The third kappa shape index (κ3) is 2.42. The zero-order chi connectivity index (χ0) is 13.1. The minimum absolute atomic E-state index is 0.251. The summed E-state index contributed by atoms with van der Waals surface area (Å²) in [6, 6.07) is 8.81. The van der Waals surface area contributed by atoms with Gasteiger partial charge in [-0.3, -0.25) is 0 Å². The highest BCUT2D eigenvalue weighted by atomic mass is 32.1. The fourth-order valence-electron chi connectivity index (χ4n) is 2.28. The quantitative estimate of drug-likeness (QED) is 0.906. The predicted octanol–water partition coefficient (Wildman–Crippen LogP) is 3.68. The van der Waals surface area contributed by atoms with Gasteiger partial charge in [0.2, 0.25) is 0 Å². The molecule has 0 fully saturated rings. The van der Waals surface area contributed by atoms with Gasteiger partial charge in [-0.1, -0.05) is 12.1 Å². The topological polar surface area (TPSA) is 21.3 Å². The second kappa shape index (κ2) is 5.55. The van der Waals surface area contributed by atoms with Crippen LogP contribution in [-0.2, 0) is 0 Å². The van der Waals surface area contributed by atoms with Crippen molar-refractivity contribution >= 4 is 11.3 Å². The van der Waals surface area contributed by atoms with Gasteiger partial charge in [0.15, 0.2) is 0 Å². The minimum Gasteiger partial charge on any atom is -0.496 e. The third-order valence-corrected chi connectivity index (χ3v) is 4.11. The molecular formula is C15H19NOS. The van der Waals surface area contributed by atoms with E-state index in [2.05, 4.69) is 42.7 Å². The molecule has 0 saturated heterocycles. The van der Waals surface area contributed by atoms with Crippen LogP contribution >= 0.6 is 11.3 Å². The monoisotopic (exact) mass is 261 g/mol. The van der Waals surface area contributed by atoms with Crippen molar-refractivity contribution in [3.63, 3.8) is 0 Å². The molecule has 96 valence electrons. The number of hydrogen-bond donors (Lipinski definition) is 1. The summed E-state index contributed by atoms with van der Waals surface area (Å²) in [4.78, 5) is 1.36. The Labute approximate surface area is 113 Å². The van der Waals surface area contributed by atoms with Crippen LogP contribution in [0.4, 0.5) is 0 Å². The van der Waals surface area contributed by atoms with E-state index >= 15 is 0 Å². The highest BCUT2D eigenvalue weighted by Gasteiger charge is 2.15. The Morgan fingerprint density at radius 3 is 2.50 bits per heavy atom. The van der Waals surface area contributed by atoms with Crippen LogP contribution in [0, 0.1) is 13.8 Å². The van der Waals surface area contributed by atoms with Crippen molar-refractivity contribution < 1.29 is 4.74 Å². The van der Waals surface area contributed by atoms with Gasteiger partial charge in [0.1, 0.15) is 5.75 Å². The van der Waals surface area contributed by atoms with Crippen molar-refractivity contribution in [3.8, 4) is 5.75 Å². The molecule has 1 atom stereocenters. The maximum absolute atomic E-state index is 5.31. The lowest BCUT2D eigenvalue weighted by Gasteiger charge is -2.18. The maximum Gasteiger partial charge on any atom is 0.121 e. The lowest BCUT2D eigenvalue weighted by molar-refractivity contribution is 0.411. The van der Waals surface area contributed by atoms with Crippen molar-refractivity contribution in [2.75, 3.05) is 14.2 Å². The summed E-state index contributed by atoms with van der Waals surface area (Å²) in [7, 11) is 3.71. The number of nitrogens with one attached hydrogen (secondary N) is 1. The lowest BCUT2D eigenvalue weighted by Crippen LogP contribution is -2.17. The van der Waals surface area contributed by atoms with Crippen molar-refractivity contribution in [2.24, 2.45) is 0 Å². The fourth-order valence-corrected chi connectivity index (χ4v) is 3.02. The van der Waals surface area contributed by atoms with Crippen LogP contribution in [0.3, 0.4) is 0 Å². The van der Waals surface area contributed by atoms with Crippen LogP contribution < -0.4 is 10.1 Å². The molecule has 0 aliphatic rings. The van der Waals surface area contributed by atoms with Gasteiger partial charge in [0.05, 0.1) is 13.2 Å². The number of aryl methyl sites for hydroxylation is 2. The molecule has 2 rings (SSSR count). The average Bonchev–Trinajstić information content (AvgIpc) is 2.77. The Bertz CT molecular complexity index is 533. The van der Waals surface area contributed by atoms with E-state index in [4.69, 9.17) is 4.74 Å². The molecule has 1 unspecified atom stereocenters. The van der Waals surface area contributed by atoms with Crippen molar-refractivity contribution in [2.45, 2.75) is 19.9 Å². The molecule has 1 heterocycles. The Kier molecular flexibility index (Phi) is 4.04. The first-order valence-electron chi connectivity index (χ1n) is 6.03. The summed E-state index contributed by atoms with van der Waals surface area (Å²) < 4.78 is 5.31. The maximum atomic E-state index is 5.31. The summed E-state index contributed by atoms with van der Waals surface area (Å²) in [5, 5.41) is 5.54. The first-order chi connectivity index (χ1) is 8.67. The first-order valence-corrected chi connectivity index (χ1v) is 6.91. The second-order valence-electron chi connectivity index (χ2n) is 4.38. The molecule has 1 aromatic heterocycles. The minimum atomic E-state index is 0.251. The molecule has 0 saturated carbocycles. The molecule has 0 amide bonds. The normalized spacial score (nSPS) is 12.4. The van der Waals surface area contributed by atoms with Gasteiger partial charge in [-0.15, -0.1) is 11.3 Å². The molecule has 0 spiro atoms. The van der Waals surface area contributed by atoms with Gasteiger partial charge >= 0.3 is 0 Å². The van der Waals surface area contributed by atoms with E-state index < -0.39 is 0 Å². The zero-order valence-electron chi connectivity index (χ0n) is 11.3. The van der Waals surface area contributed by atoms with Gasteiger partial charge in [-0.25, -0.2) is 0 Å². The molecule has 0 aliphatic carbocycles. The number of benzene rings is 1. The first kappa shape index (κ1) is 13.1. The SMILES string of the molecule is CNC(c1ccc(OC)c(C)c1)c1ccsc1C. The molecule has 18 heavy (non-hydrogen) atoms.